The number of hydrogen-bond acceptors (Lipinski definition) is 4. The van der Waals surface area contributed by atoms with Gasteiger partial charge in [-0.15, -0.1) is 0 Å². The molecule has 7 heteroatoms. The fourth-order valence-corrected chi connectivity index (χ4v) is 4.42. The van der Waals surface area contributed by atoms with E-state index < -0.39 is 10.0 Å². The lowest BCUT2D eigenvalue weighted by atomic mass is 9.86. The number of nitrogens with zero attached hydrogens (tertiary/aromatic N) is 1. The maximum atomic E-state index is 12.4. The van der Waals surface area contributed by atoms with E-state index in [9.17, 15) is 8.42 Å². The van der Waals surface area contributed by atoms with Gasteiger partial charge in [-0.2, -0.15) is 0 Å². The molecule has 0 spiro atoms. The van der Waals surface area contributed by atoms with E-state index in [2.05, 4.69) is 23.6 Å². The Morgan fingerprint density at radius 3 is 2.81 bits per heavy atom. The van der Waals surface area contributed by atoms with Crippen LogP contribution in [0.15, 0.2) is 23.4 Å². The molecule has 0 radical (unpaired) electrons. The first-order chi connectivity index (χ1) is 9.92. The van der Waals surface area contributed by atoms with E-state index in [1.165, 1.54) is 18.5 Å². The summed E-state index contributed by atoms with van der Waals surface area (Å²) in [5.74, 6) is 0. The molecule has 1 aromatic rings. The summed E-state index contributed by atoms with van der Waals surface area (Å²) < 4.78 is 33.5. The lowest BCUT2D eigenvalue weighted by Crippen LogP contribution is -2.48. The van der Waals surface area contributed by atoms with Crippen molar-refractivity contribution in [2.45, 2.75) is 56.1 Å². The van der Waals surface area contributed by atoms with Crippen LogP contribution in [0.2, 0.25) is 5.02 Å². The Morgan fingerprint density at radius 1 is 1.48 bits per heavy atom. The lowest BCUT2D eigenvalue weighted by Gasteiger charge is -2.40. The molecule has 2 heterocycles. The molecule has 1 aliphatic rings. The second-order valence-electron chi connectivity index (χ2n) is 5.36. The Labute approximate surface area is 131 Å². The van der Waals surface area contributed by atoms with Crippen molar-refractivity contribution < 1.29 is 13.2 Å². The van der Waals surface area contributed by atoms with Crippen LogP contribution in [0.25, 0.3) is 0 Å². The van der Waals surface area contributed by atoms with Crippen LogP contribution >= 0.6 is 11.6 Å². The van der Waals surface area contributed by atoms with Crippen molar-refractivity contribution in [3.05, 3.63) is 23.5 Å². The van der Waals surface area contributed by atoms with E-state index in [0.29, 0.717) is 19.4 Å². The van der Waals surface area contributed by atoms with Crippen molar-refractivity contribution in [3.63, 3.8) is 0 Å². The molecule has 5 nitrogen and oxygen atoms in total. The van der Waals surface area contributed by atoms with Crippen molar-refractivity contribution in [1.29, 1.82) is 0 Å². The van der Waals surface area contributed by atoms with Crippen LogP contribution in [0.5, 0.6) is 0 Å². The van der Waals surface area contributed by atoms with Gasteiger partial charge in [0.05, 0.1) is 10.6 Å². The monoisotopic (exact) mass is 332 g/mol. The number of pyridine rings is 1. The van der Waals surface area contributed by atoms with E-state index in [-0.39, 0.29) is 21.6 Å². The van der Waals surface area contributed by atoms with Gasteiger partial charge in [0.1, 0.15) is 4.90 Å². The zero-order chi connectivity index (χ0) is 15.5. The van der Waals surface area contributed by atoms with Crippen LogP contribution in [0.1, 0.15) is 39.5 Å². The lowest BCUT2D eigenvalue weighted by molar-refractivity contribution is -0.0905. The molecule has 0 bridgehead atoms. The molecular formula is C14H21ClN2O3S. The minimum atomic E-state index is -3.66. The number of nitrogens with one attached hydrogen (secondary N) is 1. The number of halogens is 1. The van der Waals surface area contributed by atoms with Crippen molar-refractivity contribution in [3.8, 4) is 0 Å². The molecular weight excluding hydrogens is 312 g/mol. The molecule has 21 heavy (non-hydrogen) atoms. The number of aromatic nitrogens is 1. The Bertz CT molecular complexity index is 588. The Balaban J connectivity index is 2.16. The van der Waals surface area contributed by atoms with Crippen LogP contribution in [0.3, 0.4) is 0 Å². The van der Waals surface area contributed by atoms with Gasteiger partial charge >= 0.3 is 0 Å². The summed E-state index contributed by atoms with van der Waals surface area (Å²) in [7, 11) is -3.66. The molecule has 0 aliphatic carbocycles. The topological polar surface area (TPSA) is 68.3 Å². The number of hydrogen-bond donors (Lipinski definition) is 1. The first-order valence-electron chi connectivity index (χ1n) is 7.18. The Morgan fingerprint density at radius 2 is 2.19 bits per heavy atom. The number of ether oxygens (including phenoxy) is 1. The van der Waals surface area contributed by atoms with E-state index in [4.69, 9.17) is 16.3 Å². The van der Waals surface area contributed by atoms with Gasteiger partial charge in [0.2, 0.25) is 10.0 Å². The molecule has 1 unspecified atom stereocenters. The molecule has 0 saturated carbocycles. The number of sulfonamides is 1. The van der Waals surface area contributed by atoms with Crippen LogP contribution < -0.4 is 4.72 Å². The fourth-order valence-electron chi connectivity index (χ4n) is 2.71. The molecule has 1 N–H and O–H groups in total. The Kier molecular flexibility index (Phi) is 5.24. The zero-order valence-corrected chi connectivity index (χ0v) is 13.9. The molecule has 1 saturated heterocycles. The highest BCUT2D eigenvalue weighted by atomic mass is 35.5. The van der Waals surface area contributed by atoms with E-state index in [1.54, 1.807) is 0 Å². The van der Waals surface area contributed by atoms with Gasteiger partial charge in [0.15, 0.2) is 0 Å². The summed E-state index contributed by atoms with van der Waals surface area (Å²) in [4.78, 5) is 3.86. The summed E-state index contributed by atoms with van der Waals surface area (Å²) in [6.07, 6.45) is 5.83. The molecule has 1 aromatic heterocycles. The van der Waals surface area contributed by atoms with Gasteiger partial charge in [0.25, 0.3) is 0 Å². The third kappa shape index (κ3) is 3.74. The van der Waals surface area contributed by atoms with Crippen LogP contribution in [-0.4, -0.2) is 31.7 Å². The summed E-state index contributed by atoms with van der Waals surface area (Å²) in [5, 5.41) is 0.182. The molecule has 1 aliphatic heterocycles. The minimum absolute atomic E-state index is 0.0248. The van der Waals surface area contributed by atoms with Crippen molar-refractivity contribution >= 4 is 21.6 Å². The first-order valence-corrected chi connectivity index (χ1v) is 9.04. The summed E-state index contributed by atoms with van der Waals surface area (Å²) >= 11 is 5.95. The van der Waals surface area contributed by atoms with Crippen molar-refractivity contribution in [2.75, 3.05) is 6.61 Å². The molecule has 2 rings (SSSR count). The minimum Gasteiger partial charge on any atom is -0.375 e. The van der Waals surface area contributed by atoms with Crippen LogP contribution in [0.4, 0.5) is 0 Å². The van der Waals surface area contributed by atoms with Gasteiger partial charge in [-0.3, -0.25) is 4.98 Å². The van der Waals surface area contributed by atoms with Crippen molar-refractivity contribution in [2.24, 2.45) is 0 Å². The van der Waals surface area contributed by atoms with Crippen molar-refractivity contribution in [1.82, 2.24) is 9.71 Å². The van der Waals surface area contributed by atoms with Crippen LogP contribution in [-0.2, 0) is 14.8 Å². The normalized spacial score (nSPS) is 22.1. The standard InChI is InChI=1S/C14H21ClN2O3S/c1-3-14(4-2)9-11(6-8-20-14)17-21(18,19)13-10-16-7-5-12(13)15/h5,7,10-11,17H,3-4,6,8-9H2,1-2H3. The summed E-state index contributed by atoms with van der Waals surface area (Å²) in [6.45, 7) is 4.70. The highest BCUT2D eigenvalue weighted by molar-refractivity contribution is 7.89. The molecule has 1 fully saturated rings. The van der Waals surface area contributed by atoms with E-state index in [0.717, 1.165) is 12.8 Å². The smallest absolute Gasteiger partial charge is 0.243 e. The van der Waals surface area contributed by atoms with E-state index >= 15 is 0 Å². The van der Waals surface area contributed by atoms with E-state index in [1.807, 2.05) is 0 Å². The third-order valence-electron chi connectivity index (χ3n) is 4.13. The zero-order valence-electron chi connectivity index (χ0n) is 12.3. The largest absolute Gasteiger partial charge is 0.375 e. The predicted octanol–water partition coefficient (Wildman–Crippen LogP) is 2.75. The second-order valence-corrected chi connectivity index (χ2v) is 7.45. The highest BCUT2D eigenvalue weighted by Gasteiger charge is 2.36. The fraction of sp³-hybridized carbons (Fsp3) is 0.643. The number of rotatable bonds is 5. The molecule has 0 aromatic carbocycles. The van der Waals surface area contributed by atoms with Gasteiger partial charge < -0.3 is 4.74 Å². The predicted molar refractivity (Wildman–Crippen MR) is 81.9 cm³/mol. The summed E-state index contributed by atoms with van der Waals surface area (Å²) in [5.41, 5.74) is -0.232. The molecule has 118 valence electrons. The van der Waals surface area contributed by atoms with Crippen LogP contribution in [0, 0.1) is 0 Å². The second kappa shape index (κ2) is 6.60. The maximum Gasteiger partial charge on any atom is 0.243 e. The highest BCUT2D eigenvalue weighted by Crippen LogP contribution is 2.32. The van der Waals surface area contributed by atoms with Gasteiger partial charge in [-0.05, 0) is 31.7 Å². The average molecular weight is 333 g/mol. The van der Waals surface area contributed by atoms with Gasteiger partial charge in [-0.25, -0.2) is 13.1 Å². The Hall–Kier alpha value is -0.690. The van der Waals surface area contributed by atoms with Gasteiger partial charge in [-0.1, -0.05) is 25.4 Å². The summed E-state index contributed by atoms with van der Waals surface area (Å²) in [6, 6.07) is 1.34. The molecule has 0 amide bonds. The first kappa shape index (κ1) is 16.7. The average Bonchev–Trinajstić information content (AvgIpc) is 2.47. The quantitative estimate of drug-likeness (QED) is 0.900. The SMILES string of the molecule is CCC1(CC)CC(NS(=O)(=O)c2cnccc2Cl)CCO1. The van der Waals surface area contributed by atoms with Gasteiger partial charge in [0, 0.05) is 25.0 Å². The third-order valence-corrected chi connectivity index (χ3v) is 6.12. The molecule has 1 atom stereocenters. The maximum absolute atomic E-state index is 12.4.